The van der Waals surface area contributed by atoms with Crippen molar-refractivity contribution in [2.45, 2.75) is 20.0 Å². The lowest BCUT2D eigenvalue weighted by Gasteiger charge is -2.13. The van der Waals surface area contributed by atoms with Crippen molar-refractivity contribution in [3.63, 3.8) is 0 Å². The number of nitrogens with zero attached hydrogens (tertiary/aromatic N) is 1. The van der Waals surface area contributed by atoms with E-state index < -0.39 is 10.9 Å². The first-order chi connectivity index (χ1) is 10.5. The Kier molecular flexibility index (Phi) is 4.73. The summed E-state index contributed by atoms with van der Waals surface area (Å²) in [6.07, 6.45) is -0.0756. The molecular formula is C16H15NO5. The molecular weight excluding hydrogens is 286 g/mol. The van der Waals surface area contributed by atoms with Crippen LogP contribution in [0.2, 0.25) is 0 Å². The molecule has 0 fully saturated rings. The molecule has 2 aromatic carbocycles. The number of nitro benzene ring substituents is 1. The minimum absolute atomic E-state index is 0.0664. The summed E-state index contributed by atoms with van der Waals surface area (Å²) in [5, 5.41) is 10.6. The van der Waals surface area contributed by atoms with Crippen LogP contribution in [-0.2, 0) is 0 Å². The minimum Gasteiger partial charge on any atom is -0.490 e. The van der Waals surface area contributed by atoms with Gasteiger partial charge in [0, 0.05) is 12.1 Å². The average molecular weight is 301 g/mol. The van der Waals surface area contributed by atoms with E-state index in [2.05, 4.69) is 0 Å². The molecule has 0 radical (unpaired) electrons. The highest BCUT2D eigenvalue weighted by Crippen LogP contribution is 2.23. The summed E-state index contributed by atoms with van der Waals surface area (Å²) >= 11 is 0. The third kappa shape index (κ3) is 3.82. The predicted octanol–water partition coefficient (Wildman–Crippen LogP) is 3.60. The molecule has 0 amide bonds. The van der Waals surface area contributed by atoms with Gasteiger partial charge in [0.25, 0.3) is 5.69 Å². The molecule has 0 saturated carbocycles. The second kappa shape index (κ2) is 6.71. The largest absolute Gasteiger partial charge is 0.490 e. The Labute approximate surface area is 127 Å². The average Bonchev–Trinajstić information content (AvgIpc) is 2.47. The molecule has 0 saturated heterocycles. The fourth-order valence-electron chi connectivity index (χ4n) is 1.79. The zero-order valence-electron chi connectivity index (χ0n) is 12.2. The Morgan fingerprint density at radius 1 is 1.09 bits per heavy atom. The lowest BCUT2D eigenvalue weighted by Crippen LogP contribution is -2.13. The van der Waals surface area contributed by atoms with Crippen molar-refractivity contribution < 1.29 is 19.2 Å². The standard InChI is InChI=1S/C16H15NO5/c1-11(2)21-15-6-4-3-5-14(15)16(18)22-13-9-7-12(8-10-13)17(19)20/h3-11H,1-2H3. The Hall–Kier alpha value is -2.89. The summed E-state index contributed by atoms with van der Waals surface area (Å²) in [5.41, 5.74) is 0.234. The van der Waals surface area contributed by atoms with Gasteiger partial charge < -0.3 is 9.47 Å². The zero-order valence-corrected chi connectivity index (χ0v) is 12.2. The number of hydrogen-bond donors (Lipinski definition) is 0. The summed E-state index contributed by atoms with van der Waals surface area (Å²) in [5.74, 6) is 0.0875. The molecule has 0 aliphatic rings. The highest BCUT2D eigenvalue weighted by atomic mass is 16.6. The van der Waals surface area contributed by atoms with E-state index in [-0.39, 0.29) is 17.5 Å². The fourth-order valence-corrected chi connectivity index (χ4v) is 1.79. The van der Waals surface area contributed by atoms with Gasteiger partial charge in [0.05, 0.1) is 11.0 Å². The number of benzene rings is 2. The van der Waals surface area contributed by atoms with Crippen LogP contribution in [-0.4, -0.2) is 17.0 Å². The third-order valence-electron chi connectivity index (χ3n) is 2.73. The Bertz CT molecular complexity index is 679. The van der Waals surface area contributed by atoms with Crippen LogP contribution in [0.1, 0.15) is 24.2 Å². The maximum atomic E-state index is 12.2. The number of para-hydroxylation sites is 1. The summed E-state index contributed by atoms with van der Waals surface area (Å²) in [4.78, 5) is 22.3. The molecule has 0 aliphatic carbocycles. The molecule has 6 nitrogen and oxygen atoms in total. The third-order valence-corrected chi connectivity index (χ3v) is 2.73. The van der Waals surface area contributed by atoms with Crippen molar-refractivity contribution in [1.82, 2.24) is 0 Å². The first-order valence-corrected chi connectivity index (χ1v) is 6.69. The van der Waals surface area contributed by atoms with E-state index in [4.69, 9.17) is 9.47 Å². The lowest BCUT2D eigenvalue weighted by molar-refractivity contribution is -0.384. The molecule has 0 atom stereocenters. The number of rotatable bonds is 5. The molecule has 2 aromatic rings. The van der Waals surface area contributed by atoms with Crippen LogP contribution in [0.4, 0.5) is 5.69 Å². The zero-order chi connectivity index (χ0) is 16.1. The maximum absolute atomic E-state index is 12.2. The van der Waals surface area contributed by atoms with Gasteiger partial charge >= 0.3 is 5.97 Å². The molecule has 0 unspecified atom stereocenters. The summed E-state index contributed by atoms with van der Waals surface area (Å²) in [6, 6.07) is 12.1. The number of carbonyl (C=O) groups is 1. The molecule has 0 aliphatic heterocycles. The normalized spacial score (nSPS) is 10.3. The van der Waals surface area contributed by atoms with Gasteiger partial charge in [-0.05, 0) is 38.1 Å². The summed E-state index contributed by atoms with van der Waals surface area (Å²) in [6.45, 7) is 3.72. The van der Waals surface area contributed by atoms with Crippen LogP contribution >= 0.6 is 0 Å². The van der Waals surface area contributed by atoms with Gasteiger partial charge in [-0.2, -0.15) is 0 Å². The van der Waals surface area contributed by atoms with Crippen LogP contribution in [0.25, 0.3) is 0 Å². The van der Waals surface area contributed by atoms with Crippen LogP contribution in [0.3, 0.4) is 0 Å². The van der Waals surface area contributed by atoms with E-state index >= 15 is 0 Å². The highest BCUT2D eigenvalue weighted by Gasteiger charge is 2.16. The second-order valence-electron chi connectivity index (χ2n) is 4.80. The quantitative estimate of drug-likeness (QED) is 0.365. The van der Waals surface area contributed by atoms with Crippen LogP contribution in [0.5, 0.6) is 11.5 Å². The number of carbonyl (C=O) groups excluding carboxylic acids is 1. The first kappa shape index (κ1) is 15.5. The second-order valence-corrected chi connectivity index (χ2v) is 4.80. The van der Waals surface area contributed by atoms with E-state index in [1.165, 1.54) is 24.3 Å². The van der Waals surface area contributed by atoms with Crippen molar-refractivity contribution in [1.29, 1.82) is 0 Å². The van der Waals surface area contributed by atoms with Gasteiger partial charge in [-0.1, -0.05) is 12.1 Å². The molecule has 0 spiro atoms. The van der Waals surface area contributed by atoms with Crippen molar-refractivity contribution in [3.05, 3.63) is 64.2 Å². The van der Waals surface area contributed by atoms with Gasteiger partial charge in [0.2, 0.25) is 0 Å². The number of non-ortho nitro benzene ring substituents is 1. The summed E-state index contributed by atoms with van der Waals surface area (Å²) in [7, 11) is 0. The minimum atomic E-state index is -0.579. The van der Waals surface area contributed by atoms with Crippen molar-refractivity contribution in [3.8, 4) is 11.5 Å². The number of ether oxygens (including phenoxy) is 2. The van der Waals surface area contributed by atoms with Gasteiger partial charge in [-0.15, -0.1) is 0 Å². The molecule has 0 N–H and O–H groups in total. The maximum Gasteiger partial charge on any atom is 0.347 e. The van der Waals surface area contributed by atoms with Crippen LogP contribution in [0.15, 0.2) is 48.5 Å². The monoisotopic (exact) mass is 301 g/mol. The Balaban J connectivity index is 2.17. The molecule has 22 heavy (non-hydrogen) atoms. The van der Waals surface area contributed by atoms with Gasteiger partial charge in [-0.3, -0.25) is 10.1 Å². The Morgan fingerprint density at radius 2 is 1.73 bits per heavy atom. The predicted molar refractivity (Wildman–Crippen MR) is 80.3 cm³/mol. The smallest absolute Gasteiger partial charge is 0.347 e. The first-order valence-electron chi connectivity index (χ1n) is 6.69. The van der Waals surface area contributed by atoms with E-state index in [0.717, 1.165) is 0 Å². The van der Waals surface area contributed by atoms with Gasteiger partial charge in [0.15, 0.2) is 0 Å². The van der Waals surface area contributed by atoms with Crippen molar-refractivity contribution >= 4 is 11.7 Å². The molecule has 0 bridgehead atoms. The van der Waals surface area contributed by atoms with E-state index in [0.29, 0.717) is 11.3 Å². The Morgan fingerprint density at radius 3 is 2.32 bits per heavy atom. The number of nitro groups is 1. The fraction of sp³-hybridized carbons (Fsp3) is 0.188. The molecule has 6 heteroatoms. The lowest BCUT2D eigenvalue weighted by atomic mass is 10.2. The van der Waals surface area contributed by atoms with E-state index in [1.807, 2.05) is 13.8 Å². The highest BCUT2D eigenvalue weighted by molar-refractivity contribution is 5.94. The summed E-state index contributed by atoms with van der Waals surface area (Å²) < 4.78 is 10.8. The number of esters is 1. The van der Waals surface area contributed by atoms with E-state index in [9.17, 15) is 14.9 Å². The van der Waals surface area contributed by atoms with Crippen LogP contribution < -0.4 is 9.47 Å². The van der Waals surface area contributed by atoms with E-state index in [1.54, 1.807) is 24.3 Å². The van der Waals surface area contributed by atoms with Crippen molar-refractivity contribution in [2.75, 3.05) is 0 Å². The molecule has 0 aromatic heterocycles. The topological polar surface area (TPSA) is 78.7 Å². The molecule has 0 heterocycles. The van der Waals surface area contributed by atoms with Crippen molar-refractivity contribution in [2.24, 2.45) is 0 Å². The number of hydrogen-bond acceptors (Lipinski definition) is 5. The SMILES string of the molecule is CC(C)Oc1ccccc1C(=O)Oc1ccc([N+](=O)[O-])cc1. The molecule has 2 rings (SSSR count). The van der Waals surface area contributed by atoms with Gasteiger partial charge in [-0.25, -0.2) is 4.79 Å². The van der Waals surface area contributed by atoms with Crippen LogP contribution in [0, 0.1) is 10.1 Å². The van der Waals surface area contributed by atoms with Gasteiger partial charge in [0.1, 0.15) is 17.1 Å². The molecule has 114 valence electrons.